The Labute approximate surface area is 192 Å². The molecular formula is C25H41N3O4. The molecule has 0 radical (unpaired) electrons. The number of carboxylic acids is 1. The zero-order valence-corrected chi connectivity index (χ0v) is 19.6. The average Bonchev–Trinajstić information content (AvgIpc) is 2.77. The molecule has 1 rings (SSSR count). The van der Waals surface area contributed by atoms with Crippen molar-refractivity contribution in [1.29, 1.82) is 5.41 Å². The summed E-state index contributed by atoms with van der Waals surface area (Å²) in [5, 5.41) is 17.1. The number of hydrogen-bond acceptors (Lipinski definition) is 4. The van der Waals surface area contributed by atoms with Gasteiger partial charge in [-0.05, 0) is 24.8 Å². The summed E-state index contributed by atoms with van der Waals surface area (Å²) in [7, 11) is 0. The molecule has 180 valence electrons. The van der Waals surface area contributed by atoms with E-state index in [0.29, 0.717) is 26.0 Å². The van der Waals surface area contributed by atoms with E-state index in [1.165, 1.54) is 11.3 Å². The van der Waals surface area contributed by atoms with Gasteiger partial charge in [-0.2, -0.15) is 0 Å². The number of unbranched alkanes of at least 4 members (excludes halogenated alkanes) is 8. The number of hydrogen-bond donors (Lipinski definition) is 3. The third-order valence-electron chi connectivity index (χ3n) is 5.56. The second-order valence-electron chi connectivity index (χ2n) is 8.30. The summed E-state index contributed by atoms with van der Waals surface area (Å²) in [5.41, 5.74) is 6.62. The van der Waals surface area contributed by atoms with E-state index >= 15 is 0 Å². The molecule has 0 fully saturated rings. The van der Waals surface area contributed by atoms with E-state index in [9.17, 15) is 14.7 Å². The molecule has 0 saturated heterocycles. The minimum Gasteiger partial charge on any atom is -0.480 e. The molecule has 1 aromatic rings. The number of carboxylic acid groups (broad SMARTS) is 1. The summed E-state index contributed by atoms with van der Waals surface area (Å²) in [6.07, 6.45) is 11.2. The van der Waals surface area contributed by atoms with E-state index in [0.717, 1.165) is 63.4 Å². The van der Waals surface area contributed by atoms with Crippen molar-refractivity contribution in [2.75, 3.05) is 6.54 Å². The topological polar surface area (TPSA) is 117 Å². The maximum atomic E-state index is 11.8. The first kappa shape index (κ1) is 27.5. The number of nitrogens with two attached hydrogens (primary N) is 1. The van der Waals surface area contributed by atoms with Gasteiger partial charge in [-0.1, -0.05) is 88.6 Å². The van der Waals surface area contributed by atoms with E-state index in [2.05, 4.69) is 0 Å². The third-order valence-corrected chi connectivity index (χ3v) is 5.56. The Kier molecular flexibility index (Phi) is 14.6. The lowest BCUT2D eigenvalue weighted by molar-refractivity contribution is -0.145. The lowest BCUT2D eigenvalue weighted by Gasteiger charge is -2.29. The number of ether oxygens (including phenoxy) is 1. The van der Waals surface area contributed by atoms with Gasteiger partial charge < -0.3 is 20.5 Å². The van der Waals surface area contributed by atoms with Gasteiger partial charge in [0.05, 0.1) is 0 Å². The molecule has 1 aromatic carbocycles. The SMILES string of the molecule is CCC[C@@H](C(=O)O)N(CCCCCCCCCCCC(=O)OCc1ccccc1)C(=N)N. The molecule has 4 N–H and O–H groups in total. The monoisotopic (exact) mass is 447 g/mol. The fraction of sp³-hybridized carbons (Fsp3) is 0.640. The van der Waals surface area contributed by atoms with E-state index in [1.807, 2.05) is 37.3 Å². The van der Waals surface area contributed by atoms with Gasteiger partial charge in [0.1, 0.15) is 12.6 Å². The number of esters is 1. The van der Waals surface area contributed by atoms with Crippen LogP contribution >= 0.6 is 0 Å². The minimum absolute atomic E-state index is 0.127. The maximum Gasteiger partial charge on any atom is 0.326 e. The Morgan fingerprint density at radius 1 is 1.00 bits per heavy atom. The number of nitrogens with one attached hydrogen (secondary N) is 1. The minimum atomic E-state index is -0.911. The molecule has 0 saturated carbocycles. The molecule has 7 nitrogen and oxygen atoms in total. The first-order valence-corrected chi connectivity index (χ1v) is 12.0. The number of benzene rings is 1. The Morgan fingerprint density at radius 3 is 2.09 bits per heavy atom. The molecule has 7 heteroatoms. The highest BCUT2D eigenvalue weighted by Crippen LogP contribution is 2.13. The Bertz CT molecular complexity index is 666. The van der Waals surface area contributed by atoms with Gasteiger partial charge >= 0.3 is 11.9 Å². The quantitative estimate of drug-likeness (QED) is 0.125. The summed E-state index contributed by atoms with van der Waals surface area (Å²) in [6, 6.07) is 9.02. The number of carbonyl (C=O) groups is 2. The number of aliphatic carboxylic acids is 1. The van der Waals surface area contributed by atoms with Gasteiger partial charge in [-0.25, -0.2) is 4.79 Å². The number of nitrogens with zero attached hydrogens (tertiary/aromatic N) is 1. The van der Waals surface area contributed by atoms with Crippen LogP contribution in [-0.2, 0) is 20.9 Å². The fourth-order valence-corrected chi connectivity index (χ4v) is 3.73. The summed E-state index contributed by atoms with van der Waals surface area (Å²) in [4.78, 5) is 24.7. The highest BCUT2D eigenvalue weighted by atomic mass is 16.5. The standard InChI is InChI=1S/C25H41N3O4/c1-2-15-22(24(30)31)28(25(26)27)19-14-9-7-5-3-4-6-8-13-18-23(29)32-20-21-16-11-10-12-17-21/h10-12,16-17,22H,2-9,13-15,18-20H2,1H3,(H3,26,27)(H,30,31)/t22-/m0/s1. The van der Waals surface area contributed by atoms with Crippen LogP contribution in [0.1, 0.15) is 89.5 Å². The lowest BCUT2D eigenvalue weighted by atomic mass is 10.1. The van der Waals surface area contributed by atoms with Crippen LogP contribution in [0.5, 0.6) is 0 Å². The highest BCUT2D eigenvalue weighted by Gasteiger charge is 2.25. The van der Waals surface area contributed by atoms with Gasteiger partial charge in [-0.3, -0.25) is 10.2 Å². The zero-order chi connectivity index (χ0) is 23.6. The largest absolute Gasteiger partial charge is 0.480 e. The zero-order valence-electron chi connectivity index (χ0n) is 19.6. The Hall–Kier alpha value is -2.57. The van der Waals surface area contributed by atoms with Crippen molar-refractivity contribution in [3.63, 3.8) is 0 Å². The third kappa shape index (κ3) is 12.3. The average molecular weight is 448 g/mol. The van der Waals surface area contributed by atoms with Crippen molar-refractivity contribution in [1.82, 2.24) is 4.90 Å². The predicted octanol–water partition coefficient (Wildman–Crippen LogP) is 5.08. The fourth-order valence-electron chi connectivity index (χ4n) is 3.73. The van der Waals surface area contributed by atoms with Crippen LogP contribution in [0.15, 0.2) is 30.3 Å². The predicted molar refractivity (Wildman–Crippen MR) is 127 cm³/mol. The smallest absolute Gasteiger partial charge is 0.326 e. The first-order chi connectivity index (χ1) is 15.5. The van der Waals surface area contributed by atoms with Crippen LogP contribution in [0.3, 0.4) is 0 Å². The van der Waals surface area contributed by atoms with Crippen molar-refractivity contribution in [3.05, 3.63) is 35.9 Å². The summed E-state index contributed by atoms with van der Waals surface area (Å²) in [5.74, 6) is -1.20. The molecule has 0 heterocycles. The van der Waals surface area contributed by atoms with Crippen LogP contribution in [0, 0.1) is 5.41 Å². The van der Waals surface area contributed by atoms with Gasteiger partial charge in [0.15, 0.2) is 5.96 Å². The van der Waals surface area contributed by atoms with Gasteiger partial charge in [0, 0.05) is 13.0 Å². The highest BCUT2D eigenvalue weighted by molar-refractivity contribution is 5.82. The molecule has 0 bridgehead atoms. The molecule has 0 spiro atoms. The summed E-state index contributed by atoms with van der Waals surface area (Å²) >= 11 is 0. The Morgan fingerprint density at radius 2 is 1.56 bits per heavy atom. The van der Waals surface area contributed by atoms with Crippen LogP contribution in [0.4, 0.5) is 0 Å². The molecular weight excluding hydrogens is 406 g/mol. The Balaban J connectivity index is 2.00. The van der Waals surface area contributed by atoms with Crippen LogP contribution in [0.2, 0.25) is 0 Å². The molecule has 0 aliphatic heterocycles. The molecule has 0 aromatic heterocycles. The molecule has 1 atom stereocenters. The normalized spacial score (nSPS) is 11.7. The second-order valence-corrected chi connectivity index (χ2v) is 8.30. The first-order valence-electron chi connectivity index (χ1n) is 12.0. The molecule has 0 aliphatic carbocycles. The summed E-state index contributed by atoms with van der Waals surface area (Å²) < 4.78 is 5.29. The van der Waals surface area contributed by atoms with E-state index in [4.69, 9.17) is 15.9 Å². The molecule has 0 unspecified atom stereocenters. The second kappa shape index (κ2) is 17.0. The maximum absolute atomic E-state index is 11.8. The van der Waals surface area contributed by atoms with Crippen molar-refractivity contribution >= 4 is 17.9 Å². The van der Waals surface area contributed by atoms with Crippen molar-refractivity contribution in [2.24, 2.45) is 5.73 Å². The van der Waals surface area contributed by atoms with Gasteiger partial charge in [0.25, 0.3) is 0 Å². The number of carbonyl (C=O) groups excluding carboxylic acids is 1. The van der Waals surface area contributed by atoms with E-state index in [-0.39, 0.29) is 11.9 Å². The van der Waals surface area contributed by atoms with Crippen molar-refractivity contribution in [2.45, 2.75) is 96.6 Å². The number of rotatable bonds is 18. The van der Waals surface area contributed by atoms with Gasteiger partial charge in [-0.15, -0.1) is 0 Å². The van der Waals surface area contributed by atoms with Crippen molar-refractivity contribution in [3.8, 4) is 0 Å². The van der Waals surface area contributed by atoms with Gasteiger partial charge in [0.2, 0.25) is 0 Å². The van der Waals surface area contributed by atoms with Crippen molar-refractivity contribution < 1.29 is 19.4 Å². The van der Waals surface area contributed by atoms with E-state index in [1.54, 1.807) is 0 Å². The van der Waals surface area contributed by atoms with Crippen LogP contribution < -0.4 is 5.73 Å². The number of guanidine groups is 1. The summed E-state index contributed by atoms with van der Waals surface area (Å²) in [6.45, 7) is 2.80. The molecule has 32 heavy (non-hydrogen) atoms. The van der Waals surface area contributed by atoms with Crippen LogP contribution in [-0.4, -0.2) is 40.5 Å². The van der Waals surface area contributed by atoms with E-state index < -0.39 is 12.0 Å². The molecule has 0 aliphatic rings. The molecule has 0 amide bonds. The lowest BCUT2D eigenvalue weighted by Crippen LogP contribution is -2.48. The van der Waals surface area contributed by atoms with Crippen LogP contribution in [0.25, 0.3) is 0 Å².